The molecule has 40 heavy (non-hydrogen) atoms. The molecule has 0 radical (unpaired) electrons. The van der Waals surface area contributed by atoms with E-state index in [2.05, 4.69) is 54.2 Å². The molecule has 3 fully saturated rings. The van der Waals surface area contributed by atoms with E-state index in [1.165, 1.54) is 89.9 Å². The maximum absolute atomic E-state index is 12.6. The van der Waals surface area contributed by atoms with Crippen molar-refractivity contribution in [3.05, 3.63) is 11.6 Å². The van der Waals surface area contributed by atoms with Gasteiger partial charge in [0, 0.05) is 19.4 Å². The lowest BCUT2D eigenvalue weighted by Gasteiger charge is -2.58. The van der Waals surface area contributed by atoms with E-state index in [0.29, 0.717) is 17.3 Å². The van der Waals surface area contributed by atoms with Gasteiger partial charge in [-0.25, -0.2) is 5.26 Å². The molecule has 4 aliphatic rings. The van der Waals surface area contributed by atoms with E-state index >= 15 is 0 Å². The predicted octanol–water partition coefficient (Wildman–Crippen LogP) is 10.8. The number of nitriles is 1. The van der Waals surface area contributed by atoms with Crippen molar-refractivity contribution in [3.8, 4) is 6.57 Å². The molecule has 3 saturated carbocycles. The van der Waals surface area contributed by atoms with Gasteiger partial charge >= 0.3 is 5.97 Å². The monoisotopic (exact) mass is 553 g/mol. The number of hydrogen-bond donors (Lipinski definition) is 0. The van der Waals surface area contributed by atoms with E-state index < -0.39 is 0 Å². The molecule has 0 bridgehead atoms. The van der Waals surface area contributed by atoms with Gasteiger partial charge in [0.2, 0.25) is 0 Å². The third-order valence-corrected chi connectivity index (χ3v) is 12.3. The largest absolute Gasteiger partial charge is 0.462 e. The topological polar surface area (TPSA) is 50.1 Å². The van der Waals surface area contributed by atoms with Gasteiger partial charge in [0.25, 0.3) is 0 Å². The molecule has 0 aromatic rings. The zero-order valence-corrected chi connectivity index (χ0v) is 27.2. The van der Waals surface area contributed by atoms with Crippen molar-refractivity contribution in [1.82, 2.24) is 0 Å². The third kappa shape index (κ3) is 7.55. The molecule has 0 spiro atoms. The first-order valence-corrected chi connectivity index (χ1v) is 17.3. The van der Waals surface area contributed by atoms with Crippen LogP contribution in [0.4, 0.5) is 0 Å². The van der Waals surface area contributed by atoms with Crippen LogP contribution in [-0.4, -0.2) is 12.1 Å². The maximum atomic E-state index is 12.6. The van der Waals surface area contributed by atoms with Crippen molar-refractivity contribution in [2.24, 2.45) is 46.3 Å². The van der Waals surface area contributed by atoms with Crippen LogP contribution in [-0.2, 0) is 9.53 Å². The van der Waals surface area contributed by atoms with Gasteiger partial charge in [-0.2, -0.15) is 0 Å². The van der Waals surface area contributed by atoms with Crippen LogP contribution in [0.2, 0.25) is 0 Å². The van der Waals surface area contributed by atoms with Gasteiger partial charge in [-0.15, -0.1) is 0 Å². The molecule has 1 unspecified atom stereocenters. The molecule has 0 saturated heterocycles. The number of carbonyl (C=O) groups excluding carboxylic acids is 1. The van der Waals surface area contributed by atoms with Crippen molar-refractivity contribution in [2.45, 2.75) is 163 Å². The number of esters is 1. The summed E-state index contributed by atoms with van der Waals surface area (Å²) in [4.78, 5) is 12.6. The Bertz CT molecular complexity index is 844. The number of rotatable bonds is 13. The number of carbonyl (C=O) groups is 1. The first-order chi connectivity index (χ1) is 19.2. The van der Waals surface area contributed by atoms with Crippen molar-refractivity contribution in [2.75, 3.05) is 0 Å². The van der Waals surface area contributed by atoms with E-state index in [1.54, 1.807) is 5.57 Å². The minimum atomic E-state index is 0.0522. The molecule has 0 aliphatic heterocycles. The Kier molecular flexibility index (Phi) is 12.7. The van der Waals surface area contributed by atoms with Crippen LogP contribution >= 0.6 is 0 Å². The summed E-state index contributed by atoms with van der Waals surface area (Å²) in [5, 5.41) is 6.50. The fraction of sp³-hybridized carbons (Fsp3) is 0.892. The van der Waals surface area contributed by atoms with Crippen LogP contribution in [0.15, 0.2) is 11.6 Å². The summed E-state index contributed by atoms with van der Waals surface area (Å²) in [6.45, 7) is 18.4. The Morgan fingerprint density at radius 2 is 1.68 bits per heavy atom. The summed E-state index contributed by atoms with van der Waals surface area (Å²) in [5.41, 5.74) is 2.54. The molecular weight excluding hydrogens is 490 g/mol. The lowest BCUT2D eigenvalue weighted by atomic mass is 9.47. The van der Waals surface area contributed by atoms with Gasteiger partial charge in [0.05, 0.1) is 0 Å². The fourth-order valence-electron chi connectivity index (χ4n) is 10.0. The van der Waals surface area contributed by atoms with Gasteiger partial charge in [-0.3, -0.25) is 4.79 Å². The normalized spacial score (nSPS) is 35.4. The molecule has 0 aromatic heterocycles. The zero-order chi connectivity index (χ0) is 29.3. The molecular formula is C37H63NO2. The maximum Gasteiger partial charge on any atom is 0.306 e. The number of allylic oxidation sites excluding steroid dienone is 1. The first kappa shape index (κ1) is 33.2. The highest BCUT2D eigenvalue weighted by molar-refractivity contribution is 5.69. The Labute approximate surface area is 248 Å². The van der Waals surface area contributed by atoms with E-state index in [1.807, 2.05) is 0 Å². The fourth-order valence-corrected chi connectivity index (χ4v) is 10.0. The minimum absolute atomic E-state index is 0.0522. The van der Waals surface area contributed by atoms with Gasteiger partial charge in [-0.1, -0.05) is 105 Å². The Balaban J connectivity index is 0.00000216. The number of ether oxygens (including phenoxy) is 1. The van der Waals surface area contributed by atoms with E-state index in [-0.39, 0.29) is 12.1 Å². The van der Waals surface area contributed by atoms with E-state index in [9.17, 15) is 4.79 Å². The van der Waals surface area contributed by atoms with Crippen molar-refractivity contribution >= 4 is 5.97 Å². The van der Waals surface area contributed by atoms with Crippen LogP contribution in [0.1, 0.15) is 157 Å². The van der Waals surface area contributed by atoms with E-state index in [0.717, 1.165) is 54.8 Å². The molecule has 0 amide bonds. The van der Waals surface area contributed by atoms with Crippen molar-refractivity contribution in [1.29, 1.82) is 5.26 Å². The highest BCUT2D eigenvalue weighted by Crippen LogP contribution is 2.67. The van der Waals surface area contributed by atoms with Crippen LogP contribution in [0, 0.1) is 58.2 Å². The zero-order valence-electron chi connectivity index (χ0n) is 27.2. The molecule has 8 atom stereocenters. The SMILES string of the molecule is C#N.CCCCCCCCC(=O)O[C@H]1CC[C@@]2(C)C(=CC[C@@H]3[C@@H]2CC[C@]2(C)C([C@H](C)CCCC(C)C)CC[C@@H]32)C1. The smallest absolute Gasteiger partial charge is 0.306 e. The van der Waals surface area contributed by atoms with Crippen LogP contribution in [0.3, 0.4) is 0 Å². The standard InChI is InChI=1S/C36H62O2.CHN/c1-7-8-9-10-11-12-16-34(37)38-29-21-23-35(5)28(25-29)17-18-30-32-20-19-31(27(4)15-13-14-26(2)3)36(32,6)24-22-33(30)35;1-2/h17,26-27,29-33H,7-16,18-25H2,1-6H3;1H/t27-,29+,30+,31?,32+,33+,35+,36-;/m1./s1. The van der Waals surface area contributed by atoms with E-state index in [4.69, 9.17) is 10.00 Å². The van der Waals surface area contributed by atoms with Gasteiger partial charge in [0.1, 0.15) is 6.10 Å². The molecule has 0 N–H and O–H groups in total. The lowest BCUT2D eigenvalue weighted by molar-refractivity contribution is -0.151. The van der Waals surface area contributed by atoms with Gasteiger partial charge < -0.3 is 4.74 Å². The minimum Gasteiger partial charge on any atom is -0.462 e. The first-order valence-electron chi connectivity index (χ1n) is 17.3. The molecule has 4 aliphatic carbocycles. The van der Waals surface area contributed by atoms with Crippen LogP contribution in [0.25, 0.3) is 0 Å². The molecule has 228 valence electrons. The number of unbranched alkanes of at least 4 members (excludes halogenated alkanes) is 5. The second-order valence-electron chi connectivity index (χ2n) is 15.2. The average Bonchev–Trinajstić information content (AvgIpc) is 3.29. The lowest BCUT2D eigenvalue weighted by Crippen LogP contribution is -2.51. The predicted molar refractivity (Wildman–Crippen MR) is 168 cm³/mol. The number of hydrogen-bond acceptors (Lipinski definition) is 3. The second kappa shape index (κ2) is 15.3. The summed E-state index contributed by atoms with van der Waals surface area (Å²) in [7, 11) is 0. The van der Waals surface area contributed by atoms with Crippen molar-refractivity contribution in [3.63, 3.8) is 0 Å². The number of fused-ring (bicyclic) bond motifs is 5. The van der Waals surface area contributed by atoms with Crippen LogP contribution in [0.5, 0.6) is 0 Å². The Morgan fingerprint density at radius 3 is 2.40 bits per heavy atom. The summed E-state index contributed by atoms with van der Waals surface area (Å²) >= 11 is 0. The Morgan fingerprint density at radius 1 is 0.950 bits per heavy atom. The molecule has 0 heterocycles. The highest BCUT2D eigenvalue weighted by Gasteiger charge is 2.59. The van der Waals surface area contributed by atoms with Crippen molar-refractivity contribution < 1.29 is 9.53 Å². The Hall–Kier alpha value is -1.30. The van der Waals surface area contributed by atoms with Crippen LogP contribution < -0.4 is 0 Å². The van der Waals surface area contributed by atoms with Gasteiger partial charge in [0.15, 0.2) is 0 Å². The molecule has 4 rings (SSSR count). The number of nitrogens with zero attached hydrogens (tertiary/aromatic N) is 1. The summed E-state index contributed by atoms with van der Waals surface area (Å²) in [6, 6.07) is 0. The molecule has 3 heteroatoms. The quantitative estimate of drug-likeness (QED) is 0.129. The summed E-state index contributed by atoms with van der Waals surface area (Å²) in [5.74, 6) is 5.34. The molecule has 0 aromatic carbocycles. The third-order valence-electron chi connectivity index (χ3n) is 12.3. The second-order valence-corrected chi connectivity index (χ2v) is 15.2. The molecule has 3 nitrogen and oxygen atoms in total. The summed E-state index contributed by atoms with van der Waals surface area (Å²) < 4.78 is 6.04. The average molecular weight is 554 g/mol. The summed E-state index contributed by atoms with van der Waals surface area (Å²) in [6.07, 6.45) is 25.3. The van der Waals surface area contributed by atoms with Gasteiger partial charge in [-0.05, 0) is 97.7 Å². The highest BCUT2D eigenvalue weighted by atomic mass is 16.5.